The van der Waals surface area contributed by atoms with Gasteiger partial charge < -0.3 is 10.1 Å². The second kappa shape index (κ2) is 6.57. The maximum atomic E-state index is 11.9. The van der Waals surface area contributed by atoms with Crippen LogP contribution in [-0.4, -0.2) is 18.9 Å². The van der Waals surface area contributed by atoms with Gasteiger partial charge in [0.1, 0.15) is 17.3 Å². The standard InChI is InChI=1S/C17H22N2O2/c1-5-13-9-12(6-7-15(13)21-4)10-14-17(20)19-16(18-14)8-11(2)3/h6-7,9-11H,5,8H2,1-4H3,(H,18,19,20)/b14-10+. The summed E-state index contributed by atoms with van der Waals surface area (Å²) in [4.78, 5) is 16.3. The van der Waals surface area contributed by atoms with Crippen LogP contribution in [0.3, 0.4) is 0 Å². The molecule has 1 aliphatic rings. The monoisotopic (exact) mass is 286 g/mol. The summed E-state index contributed by atoms with van der Waals surface area (Å²) in [5.41, 5.74) is 2.56. The third kappa shape index (κ3) is 3.72. The van der Waals surface area contributed by atoms with Crippen molar-refractivity contribution in [2.75, 3.05) is 7.11 Å². The average Bonchev–Trinajstić information content (AvgIpc) is 2.77. The molecule has 0 aliphatic carbocycles. The summed E-state index contributed by atoms with van der Waals surface area (Å²) >= 11 is 0. The van der Waals surface area contributed by atoms with Crippen LogP contribution >= 0.6 is 0 Å². The van der Waals surface area contributed by atoms with E-state index in [4.69, 9.17) is 4.74 Å². The first-order valence-corrected chi connectivity index (χ1v) is 7.31. The third-order valence-corrected chi connectivity index (χ3v) is 3.34. The molecule has 21 heavy (non-hydrogen) atoms. The van der Waals surface area contributed by atoms with E-state index in [9.17, 15) is 4.79 Å². The molecule has 1 aromatic rings. The largest absolute Gasteiger partial charge is 0.496 e. The Morgan fingerprint density at radius 2 is 2.14 bits per heavy atom. The van der Waals surface area contributed by atoms with Crippen molar-refractivity contribution in [3.05, 3.63) is 35.0 Å². The van der Waals surface area contributed by atoms with Gasteiger partial charge in [0.2, 0.25) is 0 Å². The van der Waals surface area contributed by atoms with Crippen molar-refractivity contribution in [2.24, 2.45) is 10.9 Å². The van der Waals surface area contributed by atoms with E-state index >= 15 is 0 Å². The summed E-state index contributed by atoms with van der Waals surface area (Å²) in [6.07, 6.45) is 3.49. The number of benzene rings is 1. The lowest BCUT2D eigenvalue weighted by molar-refractivity contribution is -0.115. The number of aryl methyl sites for hydroxylation is 1. The van der Waals surface area contributed by atoms with Crippen molar-refractivity contribution in [2.45, 2.75) is 33.6 Å². The quantitative estimate of drug-likeness (QED) is 0.845. The molecule has 1 aromatic carbocycles. The van der Waals surface area contributed by atoms with Gasteiger partial charge in [-0.15, -0.1) is 0 Å². The van der Waals surface area contributed by atoms with Crippen LogP contribution in [0.2, 0.25) is 0 Å². The van der Waals surface area contributed by atoms with Crippen molar-refractivity contribution in [1.82, 2.24) is 5.32 Å². The molecule has 4 heteroatoms. The Labute approximate surface area is 125 Å². The number of hydrogen-bond acceptors (Lipinski definition) is 3. The summed E-state index contributed by atoms with van der Waals surface area (Å²) in [5, 5.41) is 2.82. The van der Waals surface area contributed by atoms with Gasteiger partial charge >= 0.3 is 0 Å². The molecule has 1 heterocycles. The molecule has 0 aromatic heterocycles. The Morgan fingerprint density at radius 3 is 2.76 bits per heavy atom. The highest BCUT2D eigenvalue weighted by molar-refractivity contribution is 6.14. The lowest BCUT2D eigenvalue weighted by Gasteiger charge is -2.07. The number of hydrogen-bond donors (Lipinski definition) is 1. The summed E-state index contributed by atoms with van der Waals surface area (Å²) < 4.78 is 5.32. The van der Waals surface area contributed by atoms with E-state index in [0.29, 0.717) is 11.6 Å². The predicted octanol–water partition coefficient (Wildman–Crippen LogP) is 3.17. The first-order chi connectivity index (χ1) is 10.0. The molecule has 112 valence electrons. The Hall–Kier alpha value is -2.10. The van der Waals surface area contributed by atoms with Crippen LogP contribution in [0.25, 0.3) is 6.08 Å². The molecular weight excluding hydrogens is 264 g/mol. The van der Waals surface area contributed by atoms with Gasteiger partial charge in [-0.25, -0.2) is 4.99 Å². The van der Waals surface area contributed by atoms with Crippen LogP contribution in [-0.2, 0) is 11.2 Å². The van der Waals surface area contributed by atoms with Crippen LogP contribution in [0.4, 0.5) is 0 Å². The SMILES string of the molecule is CCc1cc(/C=C2/N=C(CC(C)C)NC2=O)ccc1OC. The third-order valence-electron chi connectivity index (χ3n) is 3.34. The summed E-state index contributed by atoms with van der Waals surface area (Å²) in [6.45, 7) is 6.29. The minimum atomic E-state index is -0.125. The zero-order valence-electron chi connectivity index (χ0n) is 13.1. The van der Waals surface area contributed by atoms with Crippen LogP contribution < -0.4 is 10.1 Å². The Bertz CT molecular complexity index is 601. The second-order valence-corrected chi connectivity index (χ2v) is 5.57. The van der Waals surface area contributed by atoms with E-state index in [0.717, 1.165) is 35.6 Å². The fourth-order valence-corrected chi connectivity index (χ4v) is 2.32. The smallest absolute Gasteiger partial charge is 0.275 e. The zero-order chi connectivity index (χ0) is 15.4. The van der Waals surface area contributed by atoms with Crippen molar-refractivity contribution in [3.8, 4) is 5.75 Å². The van der Waals surface area contributed by atoms with Gasteiger partial charge in [-0.3, -0.25) is 4.79 Å². The van der Waals surface area contributed by atoms with Crippen molar-refractivity contribution < 1.29 is 9.53 Å². The van der Waals surface area contributed by atoms with E-state index < -0.39 is 0 Å². The van der Waals surface area contributed by atoms with Crippen molar-refractivity contribution in [3.63, 3.8) is 0 Å². The van der Waals surface area contributed by atoms with E-state index in [1.807, 2.05) is 24.3 Å². The minimum Gasteiger partial charge on any atom is -0.496 e. The highest BCUT2D eigenvalue weighted by Crippen LogP contribution is 2.22. The molecule has 0 unspecified atom stereocenters. The van der Waals surface area contributed by atoms with E-state index in [1.54, 1.807) is 7.11 Å². The number of carbonyl (C=O) groups is 1. The topological polar surface area (TPSA) is 50.7 Å². The number of methoxy groups -OCH3 is 1. The molecule has 1 amide bonds. The number of rotatable bonds is 5. The number of ether oxygens (including phenoxy) is 1. The van der Waals surface area contributed by atoms with Gasteiger partial charge in [-0.05, 0) is 41.7 Å². The first kappa shape index (κ1) is 15.3. The van der Waals surface area contributed by atoms with Gasteiger partial charge in [-0.2, -0.15) is 0 Å². The lowest BCUT2D eigenvalue weighted by Crippen LogP contribution is -2.24. The van der Waals surface area contributed by atoms with E-state index in [1.165, 1.54) is 0 Å². The van der Waals surface area contributed by atoms with Crippen molar-refractivity contribution >= 4 is 17.8 Å². The Kier molecular flexibility index (Phi) is 4.78. The fourth-order valence-electron chi connectivity index (χ4n) is 2.32. The van der Waals surface area contributed by atoms with E-state index in [-0.39, 0.29) is 5.91 Å². The van der Waals surface area contributed by atoms with Gasteiger partial charge in [0.05, 0.1) is 7.11 Å². The van der Waals surface area contributed by atoms with Crippen molar-refractivity contribution in [1.29, 1.82) is 0 Å². The average molecular weight is 286 g/mol. The van der Waals surface area contributed by atoms with Crippen LogP contribution in [0, 0.1) is 5.92 Å². The van der Waals surface area contributed by atoms with Gasteiger partial charge in [-0.1, -0.05) is 26.8 Å². The summed E-state index contributed by atoms with van der Waals surface area (Å²) in [5.74, 6) is 1.97. The molecule has 0 atom stereocenters. The maximum absolute atomic E-state index is 11.9. The normalized spacial score (nSPS) is 16.3. The number of amidine groups is 1. The highest BCUT2D eigenvalue weighted by Gasteiger charge is 2.20. The zero-order valence-corrected chi connectivity index (χ0v) is 13.1. The molecule has 4 nitrogen and oxygen atoms in total. The molecule has 0 spiro atoms. The molecule has 0 bridgehead atoms. The molecule has 1 N–H and O–H groups in total. The molecule has 0 saturated heterocycles. The number of amides is 1. The summed E-state index contributed by atoms with van der Waals surface area (Å²) in [7, 11) is 1.67. The van der Waals surface area contributed by atoms with Gasteiger partial charge in [0.15, 0.2) is 0 Å². The maximum Gasteiger partial charge on any atom is 0.275 e. The Balaban J connectivity index is 2.27. The molecule has 0 fully saturated rings. The fraction of sp³-hybridized carbons (Fsp3) is 0.412. The number of nitrogens with zero attached hydrogens (tertiary/aromatic N) is 1. The van der Waals surface area contributed by atoms with Crippen LogP contribution in [0.5, 0.6) is 5.75 Å². The van der Waals surface area contributed by atoms with Crippen LogP contribution in [0.1, 0.15) is 38.3 Å². The number of nitrogens with one attached hydrogen (secondary N) is 1. The van der Waals surface area contributed by atoms with Crippen LogP contribution in [0.15, 0.2) is 28.9 Å². The van der Waals surface area contributed by atoms with Gasteiger partial charge in [0.25, 0.3) is 5.91 Å². The molecule has 0 saturated carbocycles. The first-order valence-electron chi connectivity index (χ1n) is 7.31. The molecule has 1 aliphatic heterocycles. The Morgan fingerprint density at radius 1 is 1.38 bits per heavy atom. The number of carbonyl (C=O) groups excluding carboxylic acids is 1. The molecular formula is C17H22N2O2. The predicted molar refractivity (Wildman–Crippen MR) is 85.4 cm³/mol. The molecule has 0 radical (unpaired) electrons. The number of aliphatic imine (C=N–C) groups is 1. The lowest BCUT2D eigenvalue weighted by atomic mass is 10.1. The summed E-state index contributed by atoms with van der Waals surface area (Å²) in [6, 6.07) is 5.90. The highest BCUT2D eigenvalue weighted by atomic mass is 16.5. The minimum absolute atomic E-state index is 0.125. The van der Waals surface area contributed by atoms with Gasteiger partial charge in [0, 0.05) is 6.42 Å². The molecule has 2 rings (SSSR count). The van der Waals surface area contributed by atoms with E-state index in [2.05, 4.69) is 31.1 Å². The second-order valence-electron chi connectivity index (χ2n) is 5.57.